The first-order chi connectivity index (χ1) is 13.5. The van der Waals surface area contributed by atoms with Gasteiger partial charge < -0.3 is 19.8 Å². The first-order valence-electron chi connectivity index (χ1n) is 9.95. The van der Waals surface area contributed by atoms with Gasteiger partial charge in [0.1, 0.15) is 0 Å². The van der Waals surface area contributed by atoms with Gasteiger partial charge >= 0.3 is 0 Å². The van der Waals surface area contributed by atoms with Crippen LogP contribution in [0.4, 0.5) is 4.39 Å². The largest absolute Gasteiger partial charge is 0.492 e. The Bertz CT molecular complexity index is 799. The standard InChI is InChI=1S/C21H28FN3O3/c1-13(26)24-8-6-16(7-9-24)25-12-15(11-23-25)17-10-18(22)20(27-2)21(28-3)19(17)14-4-5-14/h10-11,14,16,23H,4-9,12H2,1-3H3. The SMILES string of the molecule is COc1c(F)cc(C2=CNN(C3CCN(C(C)=O)CC3)C2)c(C2CC2)c1OC. The summed E-state index contributed by atoms with van der Waals surface area (Å²) in [6.07, 6.45) is 6.02. The van der Waals surface area contributed by atoms with E-state index < -0.39 is 5.82 Å². The van der Waals surface area contributed by atoms with Gasteiger partial charge in [-0.3, -0.25) is 4.79 Å². The minimum Gasteiger partial charge on any atom is -0.492 e. The third-order valence-electron chi connectivity index (χ3n) is 6.06. The quantitative estimate of drug-likeness (QED) is 0.839. The minimum atomic E-state index is -0.395. The lowest BCUT2D eigenvalue weighted by atomic mass is 9.95. The molecule has 2 fully saturated rings. The second-order valence-electron chi connectivity index (χ2n) is 7.82. The molecule has 0 atom stereocenters. The van der Waals surface area contributed by atoms with Crippen LogP contribution in [-0.4, -0.2) is 55.7 Å². The zero-order chi connectivity index (χ0) is 19.8. The van der Waals surface area contributed by atoms with E-state index in [1.807, 2.05) is 11.1 Å². The van der Waals surface area contributed by atoms with Crippen LogP contribution in [0.25, 0.3) is 5.57 Å². The summed E-state index contributed by atoms with van der Waals surface area (Å²) in [6.45, 7) is 3.90. The number of benzene rings is 1. The van der Waals surface area contributed by atoms with E-state index in [1.165, 1.54) is 7.11 Å². The molecule has 28 heavy (non-hydrogen) atoms. The summed E-state index contributed by atoms with van der Waals surface area (Å²) in [7, 11) is 3.05. The highest BCUT2D eigenvalue weighted by molar-refractivity contribution is 5.75. The van der Waals surface area contributed by atoms with Crippen LogP contribution in [0, 0.1) is 5.82 Å². The number of nitrogens with one attached hydrogen (secondary N) is 1. The monoisotopic (exact) mass is 389 g/mol. The molecule has 1 aromatic rings. The highest BCUT2D eigenvalue weighted by Crippen LogP contribution is 2.51. The fourth-order valence-electron chi connectivity index (χ4n) is 4.38. The molecular formula is C21H28FN3O3. The third-order valence-corrected chi connectivity index (χ3v) is 6.06. The molecule has 0 radical (unpaired) electrons. The van der Waals surface area contributed by atoms with Crippen molar-refractivity contribution in [3.63, 3.8) is 0 Å². The normalized spacial score (nSPS) is 20.7. The Morgan fingerprint density at radius 3 is 2.39 bits per heavy atom. The van der Waals surface area contributed by atoms with Crippen LogP contribution in [0.2, 0.25) is 0 Å². The molecule has 1 saturated carbocycles. The predicted molar refractivity (Wildman–Crippen MR) is 105 cm³/mol. The Hall–Kier alpha value is -2.28. The van der Waals surface area contributed by atoms with Gasteiger partial charge in [0.15, 0.2) is 17.3 Å². The van der Waals surface area contributed by atoms with E-state index in [0.29, 0.717) is 24.3 Å². The number of hydrogen-bond donors (Lipinski definition) is 1. The maximum atomic E-state index is 14.7. The number of hydrogen-bond acceptors (Lipinski definition) is 5. The third kappa shape index (κ3) is 3.43. The summed E-state index contributed by atoms with van der Waals surface area (Å²) in [5, 5.41) is 2.21. The predicted octanol–water partition coefficient (Wildman–Crippen LogP) is 2.89. The van der Waals surface area contributed by atoms with Gasteiger partial charge in [-0.25, -0.2) is 9.40 Å². The van der Waals surface area contributed by atoms with Gasteiger partial charge in [0, 0.05) is 44.4 Å². The van der Waals surface area contributed by atoms with Crippen LogP contribution in [0.15, 0.2) is 12.3 Å². The molecule has 0 spiro atoms. The second-order valence-corrected chi connectivity index (χ2v) is 7.82. The highest BCUT2D eigenvalue weighted by atomic mass is 19.1. The molecule has 7 heteroatoms. The molecule has 0 bridgehead atoms. The average molecular weight is 389 g/mol. The second kappa shape index (κ2) is 7.62. The molecule has 1 saturated heterocycles. The smallest absolute Gasteiger partial charge is 0.219 e. The number of amides is 1. The zero-order valence-electron chi connectivity index (χ0n) is 16.8. The van der Waals surface area contributed by atoms with Gasteiger partial charge in [0.2, 0.25) is 5.91 Å². The molecule has 0 aromatic heterocycles. The number of methoxy groups -OCH3 is 2. The summed E-state index contributed by atoms with van der Waals surface area (Å²) in [5.74, 6) is 0.852. The van der Waals surface area contributed by atoms with Crippen molar-refractivity contribution in [1.29, 1.82) is 0 Å². The Kier molecular flexibility index (Phi) is 5.19. The fourth-order valence-corrected chi connectivity index (χ4v) is 4.38. The molecule has 1 aliphatic carbocycles. The van der Waals surface area contributed by atoms with Gasteiger partial charge in [0.25, 0.3) is 0 Å². The van der Waals surface area contributed by atoms with Gasteiger partial charge in [-0.1, -0.05) is 0 Å². The van der Waals surface area contributed by atoms with Crippen molar-refractivity contribution in [2.24, 2.45) is 0 Å². The minimum absolute atomic E-state index is 0.140. The lowest BCUT2D eigenvalue weighted by molar-refractivity contribution is -0.130. The van der Waals surface area contributed by atoms with E-state index >= 15 is 0 Å². The van der Waals surface area contributed by atoms with Crippen molar-refractivity contribution in [2.45, 2.75) is 44.6 Å². The van der Waals surface area contributed by atoms with Crippen molar-refractivity contribution in [3.05, 3.63) is 29.2 Å². The van der Waals surface area contributed by atoms with E-state index in [9.17, 15) is 9.18 Å². The van der Waals surface area contributed by atoms with Gasteiger partial charge in [-0.05, 0) is 48.8 Å². The Balaban J connectivity index is 1.54. The van der Waals surface area contributed by atoms with Crippen molar-refractivity contribution < 1.29 is 18.7 Å². The van der Waals surface area contributed by atoms with Gasteiger partial charge in [0.05, 0.1) is 14.2 Å². The van der Waals surface area contributed by atoms with Crippen LogP contribution >= 0.6 is 0 Å². The maximum Gasteiger partial charge on any atom is 0.219 e. The lowest BCUT2D eigenvalue weighted by Crippen LogP contribution is -2.48. The zero-order valence-corrected chi connectivity index (χ0v) is 16.8. The molecule has 1 aromatic carbocycles. The number of halogens is 1. The topological polar surface area (TPSA) is 54.0 Å². The van der Waals surface area contributed by atoms with Crippen LogP contribution in [0.5, 0.6) is 11.5 Å². The number of nitrogens with zero attached hydrogens (tertiary/aromatic N) is 2. The molecule has 1 N–H and O–H groups in total. The number of piperidine rings is 1. The summed E-state index contributed by atoms with van der Waals surface area (Å²) < 4.78 is 25.5. The van der Waals surface area contributed by atoms with Crippen LogP contribution in [-0.2, 0) is 4.79 Å². The van der Waals surface area contributed by atoms with Crippen molar-refractivity contribution in [3.8, 4) is 11.5 Å². The number of carbonyl (C=O) groups excluding carboxylic acids is 1. The number of ether oxygens (including phenoxy) is 2. The molecule has 4 rings (SSSR count). The molecule has 3 aliphatic rings. The molecule has 0 unspecified atom stereocenters. The number of rotatable bonds is 5. The van der Waals surface area contributed by atoms with Crippen LogP contribution < -0.4 is 14.9 Å². The van der Waals surface area contributed by atoms with Crippen molar-refractivity contribution in [2.75, 3.05) is 33.9 Å². The summed E-state index contributed by atoms with van der Waals surface area (Å²) >= 11 is 0. The Morgan fingerprint density at radius 2 is 1.82 bits per heavy atom. The van der Waals surface area contributed by atoms with Crippen LogP contribution in [0.1, 0.15) is 49.7 Å². The van der Waals surface area contributed by atoms with Crippen molar-refractivity contribution in [1.82, 2.24) is 15.3 Å². The first-order valence-corrected chi connectivity index (χ1v) is 9.95. The van der Waals surface area contributed by atoms with Crippen molar-refractivity contribution >= 4 is 11.5 Å². The molecule has 2 aliphatic heterocycles. The van der Waals surface area contributed by atoms with E-state index in [2.05, 4.69) is 10.4 Å². The summed E-state index contributed by atoms with van der Waals surface area (Å²) in [4.78, 5) is 13.4. The van der Waals surface area contributed by atoms with Crippen LogP contribution in [0.3, 0.4) is 0 Å². The van der Waals surface area contributed by atoms with E-state index in [0.717, 1.165) is 55.5 Å². The van der Waals surface area contributed by atoms with Gasteiger partial charge in [-0.2, -0.15) is 0 Å². The van der Waals surface area contributed by atoms with E-state index in [-0.39, 0.29) is 11.7 Å². The lowest BCUT2D eigenvalue weighted by Gasteiger charge is -2.36. The molecular weight excluding hydrogens is 361 g/mol. The Labute approximate surface area is 165 Å². The van der Waals surface area contributed by atoms with E-state index in [4.69, 9.17) is 9.47 Å². The number of carbonyl (C=O) groups is 1. The first kappa shape index (κ1) is 19.1. The van der Waals surface area contributed by atoms with E-state index in [1.54, 1.807) is 20.1 Å². The number of hydrazine groups is 1. The average Bonchev–Trinajstić information content (AvgIpc) is 3.42. The fraction of sp³-hybridized carbons (Fsp3) is 0.571. The highest BCUT2D eigenvalue weighted by Gasteiger charge is 2.35. The number of likely N-dealkylation sites (tertiary alicyclic amines) is 1. The molecule has 1 amide bonds. The summed E-state index contributed by atoms with van der Waals surface area (Å²) in [6, 6.07) is 1.95. The molecule has 6 nitrogen and oxygen atoms in total. The molecule has 2 heterocycles. The molecule has 152 valence electrons. The van der Waals surface area contributed by atoms with Gasteiger partial charge in [-0.15, -0.1) is 0 Å². The summed E-state index contributed by atoms with van der Waals surface area (Å²) in [5.41, 5.74) is 6.40. The Morgan fingerprint density at radius 1 is 1.14 bits per heavy atom. The maximum absolute atomic E-state index is 14.7.